The van der Waals surface area contributed by atoms with E-state index in [0.29, 0.717) is 11.1 Å². The van der Waals surface area contributed by atoms with E-state index >= 15 is 0 Å². The van der Waals surface area contributed by atoms with Crippen molar-refractivity contribution in [1.82, 2.24) is 0 Å². The van der Waals surface area contributed by atoms with Crippen molar-refractivity contribution >= 4 is 17.6 Å². The molecule has 128 valence electrons. The second-order valence-electron chi connectivity index (χ2n) is 5.98. The Hall–Kier alpha value is -3.42. The van der Waals surface area contributed by atoms with Crippen LogP contribution in [0.4, 0.5) is 5.69 Å². The number of hydrogen-bond donors (Lipinski definition) is 5. The van der Waals surface area contributed by atoms with Gasteiger partial charge < -0.3 is 30.5 Å². The number of anilines is 1. The molecular weight excluding hydrogens is 330 g/mol. The minimum absolute atomic E-state index is 0.0733. The maximum atomic E-state index is 11.7. The maximum Gasteiger partial charge on any atom is 0.339 e. The molecule has 2 aromatic rings. The molecule has 0 aliphatic carbocycles. The zero-order valence-electron chi connectivity index (χ0n) is 12.6. The summed E-state index contributed by atoms with van der Waals surface area (Å²) in [6.07, 6.45) is -0.934. The van der Waals surface area contributed by atoms with Crippen molar-refractivity contribution in [3.05, 3.63) is 47.0 Å². The molecule has 0 spiro atoms. The number of nitrogens with one attached hydrogen (secondary N) is 1. The van der Waals surface area contributed by atoms with Gasteiger partial charge in [-0.15, -0.1) is 0 Å². The van der Waals surface area contributed by atoms with Gasteiger partial charge in [-0.3, -0.25) is 0 Å². The van der Waals surface area contributed by atoms with E-state index in [0.717, 1.165) is 6.07 Å². The Bertz CT molecular complexity index is 923. The molecule has 2 aliphatic heterocycles. The summed E-state index contributed by atoms with van der Waals surface area (Å²) >= 11 is 0. The van der Waals surface area contributed by atoms with E-state index in [1.165, 1.54) is 12.1 Å². The van der Waals surface area contributed by atoms with Gasteiger partial charge in [-0.05, 0) is 6.07 Å². The maximum absolute atomic E-state index is 11.7. The number of rotatable bonds is 2. The lowest BCUT2D eigenvalue weighted by Gasteiger charge is -2.34. The summed E-state index contributed by atoms with van der Waals surface area (Å²) in [4.78, 5) is 23.1. The number of ether oxygens (including phenoxy) is 1. The third kappa shape index (κ3) is 2.07. The Balaban J connectivity index is 1.98. The fourth-order valence-corrected chi connectivity index (χ4v) is 3.58. The van der Waals surface area contributed by atoms with Crippen LogP contribution < -0.4 is 10.1 Å². The second-order valence-corrected chi connectivity index (χ2v) is 5.98. The van der Waals surface area contributed by atoms with Gasteiger partial charge in [0.2, 0.25) is 0 Å². The Morgan fingerprint density at radius 3 is 2.56 bits per heavy atom. The molecule has 3 unspecified atom stereocenters. The normalized spacial score (nSPS) is 22.8. The topological polar surface area (TPSA) is 136 Å². The number of aliphatic carboxylic acids is 1. The first-order chi connectivity index (χ1) is 11.9. The summed E-state index contributed by atoms with van der Waals surface area (Å²) < 4.78 is 5.72. The molecule has 0 fully saturated rings. The summed E-state index contributed by atoms with van der Waals surface area (Å²) in [5, 5.41) is 41.6. The highest BCUT2D eigenvalue weighted by molar-refractivity contribution is 5.92. The molecule has 2 aromatic carbocycles. The molecule has 0 radical (unpaired) electrons. The smallest absolute Gasteiger partial charge is 0.339 e. The van der Waals surface area contributed by atoms with Gasteiger partial charge in [-0.25, -0.2) is 9.59 Å². The number of hydrogen-bond acceptors (Lipinski definition) is 6. The molecule has 0 amide bonds. The Morgan fingerprint density at radius 1 is 1.12 bits per heavy atom. The minimum Gasteiger partial charge on any atom is -0.508 e. The molecule has 4 rings (SSSR count). The van der Waals surface area contributed by atoms with Gasteiger partial charge in [0.15, 0.2) is 6.04 Å². The predicted octanol–water partition coefficient (Wildman–Crippen LogP) is 1.57. The van der Waals surface area contributed by atoms with Crippen LogP contribution in [0.15, 0.2) is 30.3 Å². The highest BCUT2D eigenvalue weighted by Crippen LogP contribution is 2.53. The number of carboxylic acid groups (broad SMARTS) is 2. The lowest BCUT2D eigenvalue weighted by atomic mass is 9.80. The quantitative estimate of drug-likeness (QED) is 0.554. The van der Waals surface area contributed by atoms with Crippen LogP contribution in [0.2, 0.25) is 0 Å². The third-order valence-corrected chi connectivity index (χ3v) is 4.55. The van der Waals surface area contributed by atoms with E-state index in [1.54, 1.807) is 12.1 Å². The first-order valence-electron chi connectivity index (χ1n) is 7.46. The lowest BCUT2D eigenvalue weighted by molar-refractivity contribution is -0.140. The molecule has 2 heterocycles. The number of fused-ring (bicyclic) bond motifs is 5. The molecule has 8 nitrogen and oxygen atoms in total. The number of carbonyl (C=O) groups is 2. The van der Waals surface area contributed by atoms with Crippen molar-refractivity contribution in [3.63, 3.8) is 0 Å². The monoisotopic (exact) mass is 343 g/mol. The molecule has 8 heteroatoms. The van der Waals surface area contributed by atoms with E-state index in [1.807, 2.05) is 0 Å². The minimum atomic E-state index is -1.19. The molecule has 0 saturated carbocycles. The predicted molar refractivity (Wildman–Crippen MR) is 84.5 cm³/mol. The van der Waals surface area contributed by atoms with E-state index in [2.05, 4.69) is 5.32 Å². The molecule has 0 aromatic heterocycles. The largest absolute Gasteiger partial charge is 0.508 e. The molecule has 25 heavy (non-hydrogen) atoms. The SMILES string of the molecule is O=C(O)c1cccc2c1OC1C(C(=O)O)Nc3cc(O)cc(O)c3C21. The van der Waals surface area contributed by atoms with Gasteiger partial charge in [0.25, 0.3) is 0 Å². The Kier molecular flexibility index (Phi) is 3.05. The van der Waals surface area contributed by atoms with Crippen molar-refractivity contribution in [2.24, 2.45) is 0 Å². The highest BCUT2D eigenvalue weighted by atomic mass is 16.5. The van der Waals surface area contributed by atoms with Crippen LogP contribution in [0.5, 0.6) is 17.2 Å². The number of carboxylic acids is 2. The van der Waals surface area contributed by atoms with E-state index in [-0.39, 0.29) is 28.5 Å². The van der Waals surface area contributed by atoms with Crippen LogP contribution in [-0.4, -0.2) is 44.5 Å². The van der Waals surface area contributed by atoms with Gasteiger partial charge >= 0.3 is 11.9 Å². The summed E-state index contributed by atoms with van der Waals surface area (Å²) in [6.45, 7) is 0. The summed E-state index contributed by atoms with van der Waals surface area (Å²) in [5.74, 6) is -3.40. The number of benzene rings is 2. The molecule has 3 atom stereocenters. The number of aromatic carboxylic acids is 1. The fourth-order valence-electron chi connectivity index (χ4n) is 3.58. The van der Waals surface area contributed by atoms with Crippen molar-refractivity contribution in [3.8, 4) is 17.2 Å². The first-order valence-corrected chi connectivity index (χ1v) is 7.46. The standard InChI is InChI=1S/C17H13NO7/c19-6-4-9-12(10(20)5-6)11-7-2-1-3-8(16(21)22)14(7)25-15(11)13(18-9)17(23)24/h1-5,11,13,15,18-20H,(H,21,22)(H,23,24). The van der Waals surface area contributed by atoms with Crippen LogP contribution in [0, 0.1) is 0 Å². The second kappa shape index (κ2) is 5.04. The zero-order chi connectivity index (χ0) is 17.9. The van der Waals surface area contributed by atoms with Crippen LogP contribution in [0.25, 0.3) is 0 Å². The molecular formula is C17H13NO7. The van der Waals surface area contributed by atoms with Gasteiger partial charge in [-0.1, -0.05) is 12.1 Å². The van der Waals surface area contributed by atoms with Crippen LogP contribution in [0.1, 0.15) is 27.4 Å². The van der Waals surface area contributed by atoms with Gasteiger partial charge in [0.05, 0.1) is 5.92 Å². The average molecular weight is 343 g/mol. The fraction of sp³-hybridized carbons (Fsp3) is 0.176. The number of phenolic OH excluding ortho intramolecular Hbond substituents is 2. The van der Waals surface area contributed by atoms with E-state index in [4.69, 9.17) is 4.74 Å². The molecule has 0 saturated heterocycles. The molecule has 5 N–H and O–H groups in total. The molecule has 2 aliphatic rings. The average Bonchev–Trinajstić information content (AvgIpc) is 2.92. The van der Waals surface area contributed by atoms with Crippen LogP contribution >= 0.6 is 0 Å². The Labute approximate surface area is 140 Å². The van der Waals surface area contributed by atoms with Crippen molar-refractivity contribution in [2.45, 2.75) is 18.1 Å². The van der Waals surface area contributed by atoms with Gasteiger partial charge in [-0.2, -0.15) is 0 Å². The highest BCUT2D eigenvalue weighted by Gasteiger charge is 2.50. The first kappa shape index (κ1) is 15.1. The van der Waals surface area contributed by atoms with Crippen molar-refractivity contribution in [2.75, 3.05) is 5.32 Å². The summed E-state index contributed by atoms with van der Waals surface area (Å²) in [5.41, 5.74) is 1.04. The van der Waals surface area contributed by atoms with Gasteiger partial charge in [0.1, 0.15) is 28.9 Å². The van der Waals surface area contributed by atoms with Crippen molar-refractivity contribution in [1.29, 1.82) is 0 Å². The van der Waals surface area contributed by atoms with Crippen molar-refractivity contribution < 1.29 is 34.8 Å². The van der Waals surface area contributed by atoms with Crippen LogP contribution in [-0.2, 0) is 4.79 Å². The van der Waals surface area contributed by atoms with Crippen LogP contribution in [0.3, 0.4) is 0 Å². The summed E-state index contributed by atoms with van der Waals surface area (Å²) in [7, 11) is 0. The van der Waals surface area contributed by atoms with Gasteiger partial charge in [0, 0.05) is 28.9 Å². The molecule has 0 bridgehead atoms. The Morgan fingerprint density at radius 2 is 1.88 bits per heavy atom. The van der Waals surface area contributed by atoms with E-state index in [9.17, 15) is 30.0 Å². The lowest BCUT2D eigenvalue weighted by Crippen LogP contribution is -2.48. The number of para-hydroxylation sites is 1. The number of aromatic hydroxyl groups is 2. The number of phenols is 2. The summed E-state index contributed by atoms with van der Waals surface area (Å²) in [6, 6.07) is 5.86. The third-order valence-electron chi connectivity index (χ3n) is 4.55. The zero-order valence-corrected chi connectivity index (χ0v) is 12.6. The van der Waals surface area contributed by atoms with E-state index < -0.39 is 30.0 Å².